The minimum absolute atomic E-state index is 0.100. The van der Waals surface area contributed by atoms with Gasteiger partial charge < -0.3 is 15.4 Å². The highest BCUT2D eigenvalue weighted by Gasteiger charge is 2.17. The van der Waals surface area contributed by atoms with Crippen molar-refractivity contribution in [2.75, 3.05) is 18.5 Å². The van der Waals surface area contributed by atoms with Crippen molar-refractivity contribution in [2.24, 2.45) is 0 Å². The first kappa shape index (κ1) is 17.6. The number of hydrogen-bond donors (Lipinski definition) is 2. The predicted octanol–water partition coefficient (Wildman–Crippen LogP) is 3.61. The Morgan fingerprint density at radius 3 is 2.56 bits per heavy atom. The van der Waals surface area contributed by atoms with Gasteiger partial charge in [0.25, 0.3) is 11.8 Å². The first-order valence-corrected chi connectivity index (χ1v) is 8.98. The van der Waals surface area contributed by atoms with E-state index >= 15 is 0 Å². The van der Waals surface area contributed by atoms with E-state index in [4.69, 9.17) is 4.74 Å². The van der Waals surface area contributed by atoms with E-state index in [-0.39, 0.29) is 17.9 Å². The summed E-state index contributed by atoms with van der Waals surface area (Å²) in [7, 11) is 0. The van der Waals surface area contributed by atoms with E-state index in [9.17, 15) is 9.59 Å². The highest BCUT2D eigenvalue weighted by Crippen LogP contribution is 2.16. The molecule has 1 aliphatic rings. The van der Waals surface area contributed by atoms with E-state index in [0.29, 0.717) is 23.4 Å². The van der Waals surface area contributed by atoms with Crippen LogP contribution in [0.1, 0.15) is 33.6 Å². The number of carbonyl (C=O) groups excluding carboxylic acids is 2. The van der Waals surface area contributed by atoms with Crippen molar-refractivity contribution in [2.45, 2.75) is 18.9 Å². The van der Waals surface area contributed by atoms with Gasteiger partial charge in [0.1, 0.15) is 0 Å². The lowest BCUT2D eigenvalue weighted by atomic mass is 10.1. The average Bonchev–Trinajstić information content (AvgIpc) is 3.13. The molecule has 0 saturated carbocycles. The summed E-state index contributed by atoms with van der Waals surface area (Å²) in [6.45, 7) is 1.27. The fourth-order valence-electron chi connectivity index (χ4n) is 2.69. The van der Waals surface area contributed by atoms with Crippen LogP contribution in [0.3, 0.4) is 0 Å². The summed E-state index contributed by atoms with van der Waals surface area (Å²) in [6, 6.07) is 14.0. The Kier molecular flexibility index (Phi) is 5.83. The second kappa shape index (κ2) is 8.27. The molecule has 1 saturated heterocycles. The van der Waals surface area contributed by atoms with Gasteiger partial charge in [-0.3, -0.25) is 9.59 Å². The van der Waals surface area contributed by atoms with Crippen LogP contribution in [-0.4, -0.2) is 31.1 Å². The van der Waals surface area contributed by atoms with Crippen LogP contribution in [0.25, 0.3) is 0 Å². The van der Waals surface area contributed by atoms with E-state index in [1.54, 1.807) is 42.5 Å². The molecule has 1 fully saturated rings. The summed E-state index contributed by atoms with van der Waals surface area (Å²) < 4.78 is 6.33. The standard InChI is InChI=1S/C19H19BrN2O3/c20-15-6-1-4-13(10-15)19(24)22-16-7-2-5-14(11-16)18(23)21-12-17-8-3-9-25-17/h1-2,4-7,10-11,17H,3,8-9,12H2,(H,21,23)(H,22,24). The average molecular weight is 403 g/mol. The van der Waals surface area contributed by atoms with Gasteiger partial charge in [0.2, 0.25) is 0 Å². The van der Waals surface area contributed by atoms with Crippen LogP contribution in [0.4, 0.5) is 5.69 Å². The van der Waals surface area contributed by atoms with E-state index in [2.05, 4.69) is 26.6 Å². The normalized spacial score (nSPS) is 16.4. The van der Waals surface area contributed by atoms with E-state index < -0.39 is 0 Å². The SMILES string of the molecule is O=C(NCC1CCCO1)c1cccc(NC(=O)c2cccc(Br)c2)c1. The van der Waals surface area contributed by atoms with Crippen LogP contribution in [0.15, 0.2) is 53.0 Å². The quantitative estimate of drug-likeness (QED) is 0.802. The van der Waals surface area contributed by atoms with Gasteiger partial charge in [0.15, 0.2) is 0 Å². The van der Waals surface area contributed by atoms with E-state index in [1.165, 1.54) is 0 Å². The topological polar surface area (TPSA) is 67.4 Å². The van der Waals surface area contributed by atoms with Crippen molar-refractivity contribution < 1.29 is 14.3 Å². The van der Waals surface area contributed by atoms with Crippen molar-refractivity contribution in [1.82, 2.24) is 5.32 Å². The zero-order valence-electron chi connectivity index (χ0n) is 13.6. The van der Waals surface area contributed by atoms with Gasteiger partial charge in [0.05, 0.1) is 6.10 Å². The van der Waals surface area contributed by atoms with E-state index in [0.717, 1.165) is 23.9 Å². The Labute approximate surface area is 154 Å². The molecule has 2 N–H and O–H groups in total. The molecule has 2 amide bonds. The number of amides is 2. The van der Waals surface area contributed by atoms with Gasteiger partial charge in [-0.2, -0.15) is 0 Å². The molecule has 1 aliphatic heterocycles. The maximum Gasteiger partial charge on any atom is 0.255 e. The number of ether oxygens (including phenoxy) is 1. The molecular formula is C19H19BrN2O3. The van der Waals surface area contributed by atoms with Gasteiger partial charge in [-0.25, -0.2) is 0 Å². The van der Waals surface area contributed by atoms with Crippen LogP contribution in [0.2, 0.25) is 0 Å². The molecule has 2 aromatic rings. The van der Waals surface area contributed by atoms with Crippen LogP contribution >= 0.6 is 15.9 Å². The monoisotopic (exact) mass is 402 g/mol. The zero-order chi connectivity index (χ0) is 17.6. The Bertz CT molecular complexity index is 773. The van der Waals surface area contributed by atoms with Crippen molar-refractivity contribution in [3.05, 3.63) is 64.1 Å². The molecule has 0 aliphatic carbocycles. The number of anilines is 1. The van der Waals surface area contributed by atoms with Gasteiger partial charge in [-0.05, 0) is 49.2 Å². The van der Waals surface area contributed by atoms with Gasteiger partial charge >= 0.3 is 0 Å². The molecule has 130 valence electrons. The number of nitrogens with one attached hydrogen (secondary N) is 2. The fourth-order valence-corrected chi connectivity index (χ4v) is 3.08. The van der Waals surface area contributed by atoms with Gasteiger partial charge in [-0.1, -0.05) is 28.1 Å². The maximum atomic E-state index is 12.3. The molecule has 6 heteroatoms. The molecule has 1 unspecified atom stereocenters. The zero-order valence-corrected chi connectivity index (χ0v) is 15.2. The number of rotatable bonds is 5. The lowest BCUT2D eigenvalue weighted by Crippen LogP contribution is -2.31. The Balaban J connectivity index is 1.62. The molecule has 0 bridgehead atoms. The first-order chi connectivity index (χ1) is 12.1. The summed E-state index contributed by atoms with van der Waals surface area (Å²) in [6.07, 6.45) is 2.11. The third kappa shape index (κ3) is 4.90. The van der Waals surface area contributed by atoms with E-state index in [1.807, 2.05) is 6.07 Å². The van der Waals surface area contributed by atoms with Crippen molar-refractivity contribution in [3.63, 3.8) is 0 Å². The lowest BCUT2D eigenvalue weighted by molar-refractivity contribution is 0.0857. The molecule has 1 atom stereocenters. The molecule has 0 aromatic heterocycles. The molecule has 0 spiro atoms. The number of halogens is 1. The molecule has 2 aromatic carbocycles. The number of hydrogen-bond acceptors (Lipinski definition) is 3. The minimum Gasteiger partial charge on any atom is -0.376 e. The molecule has 25 heavy (non-hydrogen) atoms. The summed E-state index contributed by atoms with van der Waals surface area (Å²) >= 11 is 3.35. The van der Waals surface area contributed by atoms with Crippen molar-refractivity contribution in [3.8, 4) is 0 Å². The second-order valence-electron chi connectivity index (χ2n) is 5.89. The fraction of sp³-hybridized carbons (Fsp3) is 0.263. The van der Waals surface area contributed by atoms with Crippen LogP contribution in [0.5, 0.6) is 0 Å². The summed E-state index contributed by atoms with van der Waals surface area (Å²) in [5.41, 5.74) is 1.63. The lowest BCUT2D eigenvalue weighted by Gasteiger charge is -2.11. The first-order valence-electron chi connectivity index (χ1n) is 8.18. The maximum absolute atomic E-state index is 12.3. The Morgan fingerprint density at radius 1 is 1.08 bits per heavy atom. The van der Waals surface area contributed by atoms with Crippen LogP contribution < -0.4 is 10.6 Å². The Morgan fingerprint density at radius 2 is 1.84 bits per heavy atom. The summed E-state index contributed by atoms with van der Waals surface area (Å²) in [5, 5.41) is 5.69. The largest absolute Gasteiger partial charge is 0.376 e. The summed E-state index contributed by atoms with van der Waals surface area (Å²) in [5.74, 6) is -0.396. The molecular weight excluding hydrogens is 384 g/mol. The summed E-state index contributed by atoms with van der Waals surface area (Å²) in [4.78, 5) is 24.6. The minimum atomic E-state index is -0.224. The van der Waals surface area contributed by atoms with Crippen molar-refractivity contribution in [1.29, 1.82) is 0 Å². The third-order valence-electron chi connectivity index (χ3n) is 3.98. The van der Waals surface area contributed by atoms with Crippen LogP contribution in [0, 0.1) is 0 Å². The Hall–Kier alpha value is -2.18. The van der Waals surface area contributed by atoms with Crippen LogP contribution in [-0.2, 0) is 4.74 Å². The molecule has 0 radical (unpaired) electrons. The highest BCUT2D eigenvalue weighted by atomic mass is 79.9. The van der Waals surface area contributed by atoms with Crippen molar-refractivity contribution >= 4 is 33.4 Å². The van der Waals surface area contributed by atoms with Gasteiger partial charge in [0, 0.05) is 34.4 Å². The highest BCUT2D eigenvalue weighted by molar-refractivity contribution is 9.10. The number of benzene rings is 2. The predicted molar refractivity (Wildman–Crippen MR) is 99.8 cm³/mol. The smallest absolute Gasteiger partial charge is 0.255 e. The number of carbonyl (C=O) groups is 2. The molecule has 5 nitrogen and oxygen atoms in total. The third-order valence-corrected chi connectivity index (χ3v) is 4.48. The molecule has 3 rings (SSSR count). The van der Waals surface area contributed by atoms with Gasteiger partial charge in [-0.15, -0.1) is 0 Å². The molecule has 1 heterocycles. The second-order valence-corrected chi connectivity index (χ2v) is 6.81.